The molecule has 1 unspecified atom stereocenters. The molecule has 0 spiro atoms. The van der Waals surface area contributed by atoms with E-state index < -0.39 is 0 Å². The Hall–Kier alpha value is 0.110. The van der Waals surface area contributed by atoms with Crippen molar-refractivity contribution in [3.8, 4) is 0 Å². The van der Waals surface area contributed by atoms with Crippen LogP contribution in [0.5, 0.6) is 0 Å². The predicted octanol–water partition coefficient (Wildman–Crippen LogP) is 5.06. The smallest absolute Gasteiger partial charge is 0.0595 e. The number of hydrogen-bond acceptors (Lipinski definition) is 2. The molecule has 1 aliphatic carbocycles. The fourth-order valence-electron chi connectivity index (χ4n) is 3.78. The first kappa shape index (κ1) is 16.5. The van der Waals surface area contributed by atoms with Crippen LogP contribution in [0.4, 0.5) is 0 Å². The van der Waals surface area contributed by atoms with E-state index in [4.69, 9.17) is 23.2 Å². The van der Waals surface area contributed by atoms with E-state index in [2.05, 4.69) is 43.8 Å². The van der Waals surface area contributed by atoms with Crippen molar-refractivity contribution >= 4 is 35.8 Å². The molecule has 0 amide bonds. The Labute approximate surface area is 138 Å². The lowest BCUT2D eigenvalue weighted by Crippen LogP contribution is -2.46. The molecule has 20 heavy (non-hydrogen) atoms. The third-order valence-corrected chi connectivity index (χ3v) is 5.65. The molecule has 4 heteroatoms. The maximum Gasteiger partial charge on any atom is 0.0595 e. The first-order chi connectivity index (χ1) is 9.51. The summed E-state index contributed by atoms with van der Waals surface area (Å²) < 4.78 is 0. The normalized spacial score (nSPS) is 19.5. The Kier molecular flexibility index (Phi) is 5.70. The molecule has 0 aliphatic heterocycles. The maximum atomic E-state index is 6.25. The van der Waals surface area contributed by atoms with Gasteiger partial charge in [0, 0.05) is 11.5 Å². The average Bonchev–Trinajstić information content (AvgIpc) is 2.89. The Bertz CT molecular complexity index is 456. The first-order valence-corrected chi connectivity index (χ1v) is 8.63. The lowest BCUT2D eigenvalue weighted by molar-refractivity contribution is 0.170. The zero-order valence-electron chi connectivity index (χ0n) is 12.2. The summed E-state index contributed by atoms with van der Waals surface area (Å²) in [7, 11) is 4.34. The van der Waals surface area contributed by atoms with Crippen LogP contribution < -0.4 is 0 Å². The van der Waals surface area contributed by atoms with Gasteiger partial charge in [-0.25, -0.2) is 0 Å². The SMILES string of the molecule is CN(C)C(CCS)C1(c2ccc(Cl)c(Cl)c2)CCCC1. The summed E-state index contributed by atoms with van der Waals surface area (Å²) in [5.74, 6) is 0.909. The van der Waals surface area contributed by atoms with Crippen molar-refractivity contribution in [3.63, 3.8) is 0 Å². The molecule has 2 rings (SSSR count). The van der Waals surface area contributed by atoms with Crippen molar-refractivity contribution in [1.82, 2.24) is 4.90 Å². The fourth-order valence-corrected chi connectivity index (χ4v) is 4.32. The van der Waals surface area contributed by atoms with Crippen LogP contribution in [0.25, 0.3) is 0 Å². The number of halogens is 2. The van der Waals surface area contributed by atoms with Crippen molar-refractivity contribution < 1.29 is 0 Å². The van der Waals surface area contributed by atoms with Crippen molar-refractivity contribution in [2.75, 3.05) is 19.8 Å². The van der Waals surface area contributed by atoms with Crippen LogP contribution >= 0.6 is 35.8 Å². The molecule has 1 aromatic carbocycles. The molecule has 0 heterocycles. The summed E-state index contributed by atoms with van der Waals surface area (Å²) in [6, 6.07) is 6.67. The highest BCUT2D eigenvalue weighted by molar-refractivity contribution is 7.80. The highest BCUT2D eigenvalue weighted by Gasteiger charge is 2.43. The van der Waals surface area contributed by atoms with E-state index in [-0.39, 0.29) is 5.41 Å². The molecule has 0 N–H and O–H groups in total. The van der Waals surface area contributed by atoms with E-state index in [0.717, 1.165) is 12.2 Å². The van der Waals surface area contributed by atoms with Crippen molar-refractivity contribution in [2.45, 2.75) is 43.6 Å². The molecule has 1 aliphatic rings. The Morgan fingerprint density at radius 1 is 1.20 bits per heavy atom. The molecular weight excluding hydrogens is 309 g/mol. The minimum Gasteiger partial charge on any atom is -0.306 e. The number of likely N-dealkylation sites (N-methyl/N-ethyl adjacent to an activating group) is 1. The maximum absolute atomic E-state index is 6.25. The number of hydrogen-bond donors (Lipinski definition) is 1. The number of thiol groups is 1. The van der Waals surface area contributed by atoms with Crippen LogP contribution in [0, 0.1) is 0 Å². The molecule has 1 nitrogen and oxygen atoms in total. The third-order valence-electron chi connectivity index (χ3n) is 4.65. The van der Waals surface area contributed by atoms with Gasteiger partial charge in [-0.1, -0.05) is 42.1 Å². The van der Waals surface area contributed by atoms with Gasteiger partial charge in [0.1, 0.15) is 0 Å². The van der Waals surface area contributed by atoms with Gasteiger partial charge < -0.3 is 4.90 Å². The summed E-state index contributed by atoms with van der Waals surface area (Å²) in [6.07, 6.45) is 6.12. The van der Waals surface area contributed by atoms with Gasteiger partial charge in [0.2, 0.25) is 0 Å². The number of nitrogens with zero attached hydrogens (tertiary/aromatic N) is 1. The molecule has 0 radical (unpaired) electrons. The van der Waals surface area contributed by atoms with Crippen LogP contribution in [0.3, 0.4) is 0 Å². The molecule has 1 fully saturated rings. The summed E-state index contributed by atoms with van der Waals surface area (Å²) in [4.78, 5) is 2.35. The Balaban J connectivity index is 2.44. The molecule has 0 bridgehead atoms. The minimum atomic E-state index is 0.195. The van der Waals surface area contributed by atoms with Gasteiger partial charge in [0.05, 0.1) is 10.0 Å². The van der Waals surface area contributed by atoms with Gasteiger partial charge in [0.25, 0.3) is 0 Å². The first-order valence-electron chi connectivity index (χ1n) is 7.24. The van der Waals surface area contributed by atoms with E-state index in [1.807, 2.05) is 6.07 Å². The quantitative estimate of drug-likeness (QED) is 0.738. The topological polar surface area (TPSA) is 3.24 Å². The minimum absolute atomic E-state index is 0.195. The van der Waals surface area contributed by atoms with E-state index in [0.29, 0.717) is 16.1 Å². The van der Waals surface area contributed by atoms with Gasteiger partial charge in [0.15, 0.2) is 0 Å². The highest BCUT2D eigenvalue weighted by Crippen LogP contribution is 2.47. The second kappa shape index (κ2) is 6.91. The van der Waals surface area contributed by atoms with Gasteiger partial charge in [-0.2, -0.15) is 12.6 Å². The summed E-state index contributed by atoms with van der Waals surface area (Å²) >= 11 is 16.8. The Morgan fingerprint density at radius 3 is 2.35 bits per heavy atom. The number of rotatable bonds is 5. The van der Waals surface area contributed by atoms with E-state index in [1.54, 1.807) is 0 Å². The second-order valence-corrected chi connectivity index (χ2v) is 7.25. The molecule has 1 saturated carbocycles. The zero-order valence-corrected chi connectivity index (χ0v) is 14.6. The van der Waals surface area contributed by atoms with Gasteiger partial charge in [-0.05, 0) is 56.8 Å². The summed E-state index contributed by atoms with van der Waals surface area (Å²) in [6.45, 7) is 0. The van der Waals surface area contributed by atoms with Gasteiger partial charge in [-0.3, -0.25) is 0 Å². The van der Waals surface area contributed by atoms with Crippen LogP contribution in [0.2, 0.25) is 10.0 Å². The van der Waals surface area contributed by atoms with Crippen molar-refractivity contribution in [3.05, 3.63) is 33.8 Å². The standard InChI is InChI=1S/C16H23Cl2NS/c1-19(2)15(7-10-20)16(8-3-4-9-16)12-5-6-13(17)14(18)11-12/h5-6,11,15,20H,3-4,7-10H2,1-2H3. The monoisotopic (exact) mass is 331 g/mol. The van der Waals surface area contributed by atoms with Crippen LogP contribution in [-0.4, -0.2) is 30.8 Å². The van der Waals surface area contributed by atoms with Crippen LogP contribution in [-0.2, 0) is 5.41 Å². The summed E-state index contributed by atoms with van der Waals surface area (Å²) in [5.41, 5.74) is 1.53. The van der Waals surface area contributed by atoms with E-state index in [9.17, 15) is 0 Å². The van der Waals surface area contributed by atoms with Gasteiger partial charge in [-0.15, -0.1) is 0 Å². The van der Waals surface area contributed by atoms with E-state index >= 15 is 0 Å². The third kappa shape index (κ3) is 3.14. The molecule has 112 valence electrons. The molecule has 0 aromatic heterocycles. The van der Waals surface area contributed by atoms with Gasteiger partial charge >= 0.3 is 0 Å². The summed E-state index contributed by atoms with van der Waals surface area (Å²) in [5, 5.41) is 1.30. The Morgan fingerprint density at radius 2 is 1.85 bits per heavy atom. The lowest BCUT2D eigenvalue weighted by atomic mass is 9.71. The van der Waals surface area contributed by atoms with Crippen LogP contribution in [0.15, 0.2) is 18.2 Å². The van der Waals surface area contributed by atoms with Crippen molar-refractivity contribution in [1.29, 1.82) is 0 Å². The second-order valence-electron chi connectivity index (χ2n) is 5.98. The average molecular weight is 332 g/mol. The van der Waals surface area contributed by atoms with Crippen molar-refractivity contribution in [2.24, 2.45) is 0 Å². The highest BCUT2D eigenvalue weighted by atomic mass is 35.5. The lowest BCUT2D eigenvalue weighted by Gasteiger charge is -2.42. The predicted molar refractivity (Wildman–Crippen MR) is 92.6 cm³/mol. The van der Waals surface area contributed by atoms with Crippen LogP contribution in [0.1, 0.15) is 37.7 Å². The number of benzene rings is 1. The molecular formula is C16H23Cl2NS. The molecule has 0 saturated heterocycles. The molecule has 1 aromatic rings. The fraction of sp³-hybridized carbons (Fsp3) is 0.625. The molecule has 1 atom stereocenters. The zero-order chi connectivity index (χ0) is 14.8. The van der Waals surface area contributed by atoms with E-state index in [1.165, 1.54) is 31.2 Å². The largest absolute Gasteiger partial charge is 0.306 e.